The van der Waals surface area contributed by atoms with Crippen molar-refractivity contribution in [3.8, 4) is 5.69 Å². The molecule has 26 heavy (non-hydrogen) atoms. The van der Waals surface area contributed by atoms with Crippen LogP contribution in [0.2, 0.25) is 0 Å². The zero-order chi connectivity index (χ0) is 18.5. The molecule has 1 N–H and O–H groups in total. The maximum Gasteiger partial charge on any atom is 0.269 e. The van der Waals surface area contributed by atoms with Gasteiger partial charge in [0.15, 0.2) is 5.16 Å². The summed E-state index contributed by atoms with van der Waals surface area (Å²) in [4.78, 5) is 30.3. The van der Waals surface area contributed by atoms with E-state index < -0.39 is 0 Å². The fourth-order valence-electron chi connectivity index (χ4n) is 2.98. The van der Waals surface area contributed by atoms with Gasteiger partial charge < -0.3 is 10.2 Å². The molecule has 138 valence electrons. The van der Waals surface area contributed by atoms with Crippen molar-refractivity contribution in [3.63, 3.8) is 0 Å². The minimum atomic E-state index is -0.331. The third-order valence-corrected chi connectivity index (χ3v) is 4.94. The summed E-state index contributed by atoms with van der Waals surface area (Å²) in [5.41, 5.74) is 1.08. The second kappa shape index (κ2) is 8.35. The summed E-state index contributed by atoms with van der Waals surface area (Å²) in [6.07, 6.45) is 5.64. The van der Waals surface area contributed by atoms with E-state index in [1.54, 1.807) is 16.7 Å². The first kappa shape index (κ1) is 18.4. The molecule has 3 rings (SSSR count). The van der Waals surface area contributed by atoms with Gasteiger partial charge in [-0.3, -0.25) is 14.2 Å². The quantitative estimate of drug-likeness (QED) is 0.596. The summed E-state index contributed by atoms with van der Waals surface area (Å²) >= 11 is 1.41. The molecule has 2 amide bonds. The third-order valence-electron chi connectivity index (χ3n) is 4.29. The molecule has 8 heteroatoms. The van der Waals surface area contributed by atoms with Crippen LogP contribution in [0.25, 0.3) is 5.69 Å². The first-order chi connectivity index (χ1) is 12.6. The van der Waals surface area contributed by atoms with Crippen LogP contribution in [0.4, 0.5) is 4.39 Å². The van der Waals surface area contributed by atoms with E-state index in [9.17, 15) is 14.0 Å². The lowest BCUT2D eigenvalue weighted by Crippen LogP contribution is -2.31. The summed E-state index contributed by atoms with van der Waals surface area (Å²) in [6.45, 7) is 1.94. The number of nitrogens with one attached hydrogen (secondary N) is 1. The Kier molecular flexibility index (Phi) is 5.92. The highest BCUT2D eigenvalue weighted by Gasteiger charge is 2.20. The second-order valence-electron chi connectivity index (χ2n) is 6.04. The standard InChI is InChI=1S/C18H21FN4O2S/c1-26-18-21-12-15(23(18)14-7-5-13(19)6-8-14)17(25)20-9-3-11-22-10-2-4-16(22)24/h5-8,12H,2-4,9-11H2,1H3,(H,20,25). The van der Waals surface area contributed by atoms with Gasteiger partial charge in [0, 0.05) is 31.7 Å². The Morgan fingerprint density at radius 1 is 1.35 bits per heavy atom. The minimum absolute atomic E-state index is 0.190. The predicted molar refractivity (Wildman–Crippen MR) is 98.1 cm³/mol. The molecule has 1 aliphatic rings. The fourth-order valence-corrected chi connectivity index (χ4v) is 3.53. The summed E-state index contributed by atoms with van der Waals surface area (Å²) in [6, 6.07) is 5.95. The summed E-state index contributed by atoms with van der Waals surface area (Å²) < 4.78 is 14.9. The smallest absolute Gasteiger partial charge is 0.269 e. The van der Waals surface area contributed by atoms with E-state index in [0.29, 0.717) is 42.5 Å². The Hall–Kier alpha value is -2.35. The molecule has 6 nitrogen and oxygen atoms in total. The number of benzene rings is 1. The highest BCUT2D eigenvalue weighted by molar-refractivity contribution is 7.98. The fraction of sp³-hybridized carbons (Fsp3) is 0.389. The number of aromatic nitrogens is 2. The second-order valence-corrected chi connectivity index (χ2v) is 6.81. The molecule has 0 radical (unpaired) electrons. The van der Waals surface area contributed by atoms with Gasteiger partial charge in [-0.25, -0.2) is 9.37 Å². The van der Waals surface area contributed by atoms with Crippen molar-refractivity contribution in [2.45, 2.75) is 24.4 Å². The Balaban J connectivity index is 1.64. The van der Waals surface area contributed by atoms with Crippen LogP contribution in [0.15, 0.2) is 35.6 Å². The van der Waals surface area contributed by atoms with Crippen LogP contribution in [-0.4, -0.2) is 52.2 Å². The third kappa shape index (κ3) is 4.07. The molecule has 0 unspecified atom stereocenters. The Bertz CT molecular complexity index is 791. The normalized spacial score (nSPS) is 14.1. The maximum absolute atomic E-state index is 13.2. The van der Waals surface area contributed by atoms with E-state index in [2.05, 4.69) is 10.3 Å². The number of amides is 2. The zero-order valence-corrected chi connectivity index (χ0v) is 15.4. The van der Waals surface area contributed by atoms with Crippen molar-refractivity contribution >= 4 is 23.6 Å². The van der Waals surface area contributed by atoms with E-state index in [0.717, 1.165) is 13.0 Å². The SMILES string of the molecule is CSc1ncc(C(=O)NCCCN2CCCC2=O)n1-c1ccc(F)cc1. The van der Waals surface area contributed by atoms with Crippen molar-refractivity contribution in [2.24, 2.45) is 0 Å². The molecule has 2 heterocycles. The van der Waals surface area contributed by atoms with E-state index in [1.165, 1.54) is 30.1 Å². The molecule has 1 fully saturated rings. The maximum atomic E-state index is 13.2. The molecule has 1 aromatic heterocycles. The van der Waals surface area contributed by atoms with Crippen molar-refractivity contribution < 1.29 is 14.0 Å². The first-order valence-electron chi connectivity index (χ1n) is 8.54. The molecule has 0 saturated carbocycles. The highest BCUT2D eigenvalue weighted by Crippen LogP contribution is 2.22. The molecular weight excluding hydrogens is 355 g/mol. The van der Waals surface area contributed by atoms with Crippen molar-refractivity contribution in [2.75, 3.05) is 25.9 Å². The van der Waals surface area contributed by atoms with Gasteiger partial charge in [-0.15, -0.1) is 0 Å². The van der Waals surface area contributed by atoms with E-state index >= 15 is 0 Å². The van der Waals surface area contributed by atoms with Gasteiger partial charge in [-0.2, -0.15) is 0 Å². The Morgan fingerprint density at radius 3 is 2.77 bits per heavy atom. The van der Waals surface area contributed by atoms with Crippen molar-refractivity contribution in [1.29, 1.82) is 0 Å². The van der Waals surface area contributed by atoms with Gasteiger partial charge >= 0.3 is 0 Å². The number of thioether (sulfide) groups is 1. The summed E-state index contributed by atoms with van der Waals surface area (Å²) in [7, 11) is 0. The minimum Gasteiger partial charge on any atom is -0.351 e. The molecule has 0 spiro atoms. The Labute approximate surface area is 155 Å². The molecule has 0 bridgehead atoms. The van der Waals surface area contributed by atoms with Crippen molar-refractivity contribution in [3.05, 3.63) is 42.0 Å². The van der Waals surface area contributed by atoms with Gasteiger partial charge in [0.05, 0.1) is 6.20 Å². The van der Waals surface area contributed by atoms with Gasteiger partial charge in [0.2, 0.25) is 5.91 Å². The number of hydrogen-bond donors (Lipinski definition) is 1. The van der Waals surface area contributed by atoms with Gasteiger partial charge in [0.25, 0.3) is 5.91 Å². The highest BCUT2D eigenvalue weighted by atomic mass is 32.2. The number of rotatable bonds is 7. The number of likely N-dealkylation sites (tertiary alicyclic amines) is 1. The van der Waals surface area contributed by atoms with Crippen molar-refractivity contribution in [1.82, 2.24) is 19.8 Å². The number of hydrogen-bond acceptors (Lipinski definition) is 4. The number of carbonyl (C=O) groups excluding carboxylic acids is 2. The largest absolute Gasteiger partial charge is 0.351 e. The molecule has 1 aliphatic heterocycles. The average Bonchev–Trinajstić information content (AvgIpc) is 3.25. The van der Waals surface area contributed by atoms with E-state index in [4.69, 9.17) is 0 Å². The van der Waals surface area contributed by atoms with Crippen LogP contribution in [0.1, 0.15) is 29.8 Å². The topological polar surface area (TPSA) is 67.2 Å². The molecule has 0 atom stereocenters. The van der Waals surface area contributed by atoms with Gasteiger partial charge in [0.1, 0.15) is 11.5 Å². The monoisotopic (exact) mass is 376 g/mol. The summed E-state index contributed by atoms with van der Waals surface area (Å²) in [5, 5.41) is 3.53. The van der Waals surface area contributed by atoms with Crippen LogP contribution in [0, 0.1) is 5.82 Å². The van der Waals surface area contributed by atoms with Crippen LogP contribution in [0.5, 0.6) is 0 Å². The number of halogens is 1. The van der Waals surface area contributed by atoms with Gasteiger partial charge in [-0.1, -0.05) is 11.8 Å². The first-order valence-corrected chi connectivity index (χ1v) is 9.76. The molecule has 1 aromatic carbocycles. The number of carbonyl (C=O) groups is 2. The van der Waals surface area contributed by atoms with Gasteiger partial charge in [-0.05, 0) is 43.4 Å². The van der Waals surface area contributed by atoms with Crippen LogP contribution < -0.4 is 5.32 Å². The lowest BCUT2D eigenvalue weighted by molar-refractivity contribution is -0.127. The lowest BCUT2D eigenvalue weighted by Gasteiger charge is -2.15. The van der Waals surface area contributed by atoms with E-state index in [1.807, 2.05) is 11.2 Å². The van der Waals surface area contributed by atoms with Crippen LogP contribution >= 0.6 is 11.8 Å². The van der Waals surface area contributed by atoms with Crippen LogP contribution in [-0.2, 0) is 4.79 Å². The zero-order valence-electron chi connectivity index (χ0n) is 14.6. The Morgan fingerprint density at radius 2 is 2.12 bits per heavy atom. The molecule has 1 saturated heterocycles. The average molecular weight is 376 g/mol. The van der Waals surface area contributed by atoms with E-state index in [-0.39, 0.29) is 17.6 Å². The predicted octanol–water partition coefficient (Wildman–Crippen LogP) is 2.48. The molecule has 2 aromatic rings. The van der Waals surface area contributed by atoms with Crippen LogP contribution in [0.3, 0.4) is 0 Å². The molecule has 0 aliphatic carbocycles. The number of nitrogens with zero attached hydrogens (tertiary/aromatic N) is 3. The lowest BCUT2D eigenvalue weighted by atomic mass is 10.3. The summed E-state index contributed by atoms with van der Waals surface area (Å²) in [5.74, 6) is -0.382. The number of imidazole rings is 1. The molecular formula is C18H21FN4O2S.